The van der Waals surface area contributed by atoms with Gasteiger partial charge in [0.15, 0.2) is 0 Å². The van der Waals surface area contributed by atoms with Crippen LogP contribution in [0.1, 0.15) is 23.6 Å². The van der Waals surface area contributed by atoms with Gasteiger partial charge in [-0.3, -0.25) is 14.7 Å². The van der Waals surface area contributed by atoms with Crippen molar-refractivity contribution in [2.75, 3.05) is 6.54 Å². The molecule has 4 nitrogen and oxygen atoms in total. The number of aromatic nitrogens is 1. The van der Waals surface area contributed by atoms with E-state index in [4.69, 9.17) is 0 Å². The van der Waals surface area contributed by atoms with Crippen LogP contribution in [0.3, 0.4) is 0 Å². The summed E-state index contributed by atoms with van der Waals surface area (Å²) in [6.45, 7) is 4.28. The molecule has 1 aromatic carbocycles. The van der Waals surface area contributed by atoms with E-state index >= 15 is 0 Å². The third kappa shape index (κ3) is 3.34. The van der Waals surface area contributed by atoms with Crippen LogP contribution in [0, 0.1) is 0 Å². The zero-order valence-corrected chi connectivity index (χ0v) is 12.8. The number of fused-ring (bicyclic) bond motifs is 1. The van der Waals surface area contributed by atoms with E-state index in [0.717, 1.165) is 25.1 Å². The molecular weight excluding hydrogens is 274 g/mol. The number of nitrogens with one attached hydrogen (secondary N) is 1. The lowest BCUT2D eigenvalue weighted by Crippen LogP contribution is -2.46. The van der Waals surface area contributed by atoms with Crippen LogP contribution in [-0.4, -0.2) is 28.4 Å². The van der Waals surface area contributed by atoms with Crippen molar-refractivity contribution in [2.24, 2.45) is 0 Å². The number of rotatable bonds is 4. The molecule has 22 heavy (non-hydrogen) atoms. The van der Waals surface area contributed by atoms with E-state index in [9.17, 15) is 4.79 Å². The van der Waals surface area contributed by atoms with E-state index in [0.29, 0.717) is 6.54 Å². The second-order valence-corrected chi connectivity index (χ2v) is 5.74. The van der Waals surface area contributed by atoms with Crippen molar-refractivity contribution in [1.29, 1.82) is 0 Å². The van der Waals surface area contributed by atoms with E-state index in [-0.39, 0.29) is 11.9 Å². The molecule has 1 aliphatic rings. The van der Waals surface area contributed by atoms with Crippen molar-refractivity contribution in [2.45, 2.75) is 32.5 Å². The Balaban J connectivity index is 1.57. The Morgan fingerprint density at radius 3 is 2.86 bits per heavy atom. The van der Waals surface area contributed by atoms with Gasteiger partial charge < -0.3 is 5.32 Å². The molecule has 0 fully saturated rings. The topological polar surface area (TPSA) is 45.2 Å². The average molecular weight is 295 g/mol. The quantitative estimate of drug-likeness (QED) is 0.940. The lowest BCUT2D eigenvalue weighted by atomic mass is 9.99. The Labute approximate surface area is 131 Å². The minimum absolute atomic E-state index is 0.0724. The molecule has 0 radical (unpaired) electrons. The molecule has 0 saturated carbocycles. The van der Waals surface area contributed by atoms with Gasteiger partial charge in [-0.05, 0) is 36.1 Å². The summed E-state index contributed by atoms with van der Waals surface area (Å²) < 4.78 is 0. The third-order valence-electron chi connectivity index (χ3n) is 4.28. The summed E-state index contributed by atoms with van der Waals surface area (Å²) in [6, 6.07) is 12.2. The van der Waals surface area contributed by atoms with Crippen LogP contribution in [0.2, 0.25) is 0 Å². The Morgan fingerprint density at radius 2 is 2.09 bits per heavy atom. The van der Waals surface area contributed by atoms with Gasteiger partial charge >= 0.3 is 0 Å². The Kier molecular flexibility index (Phi) is 4.49. The van der Waals surface area contributed by atoms with Crippen LogP contribution in [0.15, 0.2) is 48.8 Å². The summed E-state index contributed by atoms with van der Waals surface area (Å²) in [5.41, 5.74) is 3.76. The monoisotopic (exact) mass is 295 g/mol. The van der Waals surface area contributed by atoms with Gasteiger partial charge in [-0.2, -0.15) is 0 Å². The predicted octanol–water partition coefficient (Wildman–Crippen LogP) is 2.14. The lowest BCUT2D eigenvalue weighted by Gasteiger charge is -2.32. The number of carbonyl (C=O) groups is 1. The first-order valence-electron chi connectivity index (χ1n) is 7.71. The number of pyridine rings is 1. The molecule has 1 atom stereocenters. The van der Waals surface area contributed by atoms with E-state index in [1.54, 1.807) is 12.4 Å². The van der Waals surface area contributed by atoms with Crippen LogP contribution in [0.25, 0.3) is 0 Å². The number of benzene rings is 1. The fraction of sp³-hybridized carbons (Fsp3) is 0.333. The lowest BCUT2D eigenvalue weighted by molar-refractivity contribution is -0.126. The van der Waals surface area contributed by atoms with Crippen molar-refractivity contribution in [3.8, 4) is 0 Å². The summed E-state index contributed by atoms with van der Waals surface area (Å²) in [7, 11) is 0. The normalized spacial score (nSPS) is 15.9. The molecule has 0 spiro atoms. The van der Waals surface area contributed by atoms with Gasteiger partial charge in [-0.25, -0.2) is 0 Å². The first-order valence-corrected chi connectivity index (χ1v) is 7.71. The number of hydrogen-bond acceptors (Lipinski definition) is 3. The standard InChI is InChI=1S/C18H21N3O/c1-14(18(22)20-12-15-5-4-9-19-11-15)21-10-8-16-6-2-3-7-17(16)13-21/h2-7,9,11,14H,8,10,12-13H2,1H3,(H,20,22)/t14-/m1/s1. The molecule has 3 rings (SSSR count). The largest absolute Gasteiger partial charge is 0.351 e. The highest BCUT2D eigenvalue weighted by molar-refractivity contribution is 5.81. The fourth-order valence-electron chi connectivity index (χ4n) is 2.85. The van der Waals surface area contributed by atoms with Gasteiger partial charge in [0.2, 0.25) is 5.91 Å². The van der Waals surface area contributed by atoms with Crippen LogP contribution in [0.4, 0.5) is 0 Å². The summed E-state index contributed by atoms with van der Waals surface area (Å²) in [5.74, 6) is 0.0724. The van der Waals surface area contributed by atoms with Crippen molar-refractivity contribution in [3.63, 3.8) is 0 Å². The molecule has 0 bridgehead atoms. The molecule has 1 N–H and O–H groups in total. The average Bonchev–Trinajstić information content (AvgIpc) is 2.59. The zero-order chi connectivity index (χ0) is 15.4. The summed E-state index contributed by atoms with van der Waals surface area (Å²) in [6.07, 6.45) is 4.53. The van der Waals surface area contributed by atoms with Gasteiger partial charge in [0.25, 0.3) is 0 Å². The minimum atomic E-state index is -0.120. The maximum absolute atomic E-state index is 12.4. The Morgan fingerprint density at radius 1 is 1.27 bits per heavy atom. The van der Waals surface area contributed by atoms with Crippen LogP contribution < -0.4 is 5.32 Å². The summed E-state index contributed by atoms with van der Waals surface area (Å²) >= 11 is 0. The van der Waals surface area contributed by atoms with Crippen molar-refractivity contribution >= 4 is 5.91 Å². The first-order chi connectivity index (χ1) is 10.7. The van der Waals surface area contributed by atoms with E-state index in [2.05, 4.69) is 39.5 Å². The van der Waals surface area contributed by atoms with E-state index in [1.165, 1.54) is 11.1 Å². The molecule has 2 heterocycles. The summed E-state index contributed by atoms with van der Waals surface area (Å²) in [4.78, 5) is 18.7. The highest BCUT2D eigenvalue weighted by Crippen LogP contribution is 2.20. The van der Waals surface area contributed by atoms with Gasteiger partial charge in [-0.15, -0.1) is 0 Å². The maximum atomic E-state index is 12.4. The smallest absolute Gasteiger partial charge is 0.237 e. The van der Waals surface area contributed by atoms with Gasteiger partial charge in [0.1, 0.15) is 0 Å². The van der Waals surface area contributed by atoms with Crippen LogP contribution >= 0.6 is 0 Å². The SMILES string of the molecule is C[C@H](C(=O)NCc1cccnc1)N1CCc2ccccc2C1. The molecule has 4 heteroatoms. The predicted molar refractivity (Wildman–Crippen MR) is 86.1 cm³/mol. The second kappa shape index (κ2) is 6.71. The molecule has 1 amide bonds. The van der Waals surface area contributed by atoms with Crippen LogP contribution in [0.5, 0.6) is 0 Å². The Hall–Kier alpha value is -2.20. The molecular formula is C18H21N3O. The van der Waals surface area contributed by atoms with Crippen molar-refractivity contribution < 1.29 is 4.79 Å². The van der Waals surface area contributed by atoms with Gasteiger partial charge in [0.05, 0.1) is 6.04 Å². The maximum Gasteiger partial charge on any atom is 0.237 e. The molecule has 0 unspecified atom stereocenters. The van der Waals surface area contributed by atoms with Crippen molar-refractivity contribution in [3.05, 3.63) is 65.5 Å². The molecule has 114 valence electrons. The Bertz CT molecular complexity index is 642. The van der Waals surface area contributed by atoms with Gasteiger partial charge in [0, 0.05) is 32.0 Å². The number of amides is 1. The number of hydrogen-bond donors (Lipinski definition) is 1. The summed E-state index contributed by atoms with van der Waals surface area (Å²) in [5, 5.41) is 3.00. The molecule has 0 aliphatic carbocycles. The zero-order valence-electron chi connectivity index (χ0n) is 12.8. The second-order valence-electron chi connectivity index (χ2n) is 5.74. The van der Waals surface area contributed by atoms with E-state index < -0.39 is 0 Å². The van der Waals surface area contributed by atoms with Crippen LogP contribution in [-0.2, 0) is 24.3 Å². The number of nitrogens with zero attached hydrogens (tertiary/aromatic N) is 2. The molecule has 1 aromatic heterocycles. The van der Waals surface area contributed by atoms with Gasteiger partial charge in [-0.1, -0.05) is 30.3 Å². The van der Waals surface area contributed by atoms with Crippen molar-refractivity contribution in [1.82, 2.24) is 15.2 Å². The minimum Gasteiger partial charge on any atom is -0.351 e. The van der Waals surface area contributed by atoms with E-state index in [1.807, 2.05) is 19.1 Å². The molecule has 2 aromatic rings. The highest BCUT2D eigenvalue weighted by Gasteiger charge is 2.24. The fourth-order valence-corrected chi connectivity index (χ4v) is 2.85. The highest BCUT2D eigenvalue weighted by atomic mass is 16.2. The third-order valence-corrected chi connectivity index (χ3v) is 4.28. The number of carbonyl (C=O) groups excluding carboxylic acids is 1. The molecule has 1 aliphatic heterocycles. The molecule has 0 saturated heterocycles. The first kappa shape index (κ1) is 14.7.